The number of benzene rings is 2. The molecule has 0 bridgehead atoms. The Hall–Kier alpha value is -2.78. The Morgan fingerprint density at radius 1 is 1.03 bits per heavy atom. The van der Waals surface area contributed by atoms with Crippen molar-refractivity contribution in [1.29, 1.82) is 0 Å². The lowest BCUT2D eigenvalue weighted by Crippen LogP contribution is -2.17. The first-order valence-corrected chi connectivity index (χ1v) is 9.93. The highest BCUT2D eigenvalue weighted by atomic mass is 32.2. The highest BCUT2D eigenvalue weighted by molar-refractivity contribution is 8.18. The molecule has 0 spiro atoms. The number of carbonyl (C=O) groups excluding carboxylic acids is 2. The van der Waals surface area contributed by atoms with Crippen LogP contribution in [-0.4, -0.2) is 16.1 Å². The molecule has 4 rings (SSSR count). The largest absolute Gasteiger partial charge is 0.416 e. The van der Waals surface area contributed by atoms with Crippen molar-refractivity contribution in [2.45, 2.75) is 16.1 Å². The lowest BCUT2D eigenvalue weighted by molar-refractivity contribution is -0.137. The summed E-state index contributed by atoms with van der Waals surface area (Å²) in [4.78, 5) is 28.7. The second kappa shape index (κ2) is 7.57. The second-order valence-corrected chi connectivity index (χ2v) is 8.13. The predicted octanol–water partition coefficient (Wildman–Crippen LogP) is 5.73. The van der Waals surface area contributed by atoms with E-state index in [4.69, 9.17) is 0 Å². The maximum absolute atomic E-state index is 12.8. The Bertz CT molecular complexity index is 1160. The number of amides is 2. The number of nitrogens with zero attached hydrogens (tertiary/aromatic N) is 1. The summed E-state index contributed by atoms with van der Waals surface area (Å²) >= 11 is 1.98. The molecule has 2 aromatic carbocycles. The summed E-state index contributed by atoms with van der Waals surface area (Å²) < 4.78 is 38.4. The van der Waals surface area contributed by atoms with Gasteiger partial charge in [0.05, 0.1) is 16.0 Å². The average Bonchev–Trinajstić information content (AvgIpc) is 2.99. The predicted molar refractivity (Wildman–Crippen MR) is 106 cm³/mol. The number of alkyl halides is 3. The van der Waals surface area contributed by atoms with Crippen LogP contribution in [0, 0.1) is 0 Å². The van der Waals surface area contributed by atoms with Gasteiger partial charge in [0, 0.05) is 15.8 Å². The maximum Gasteiger partial charge on any atom is 0.416 e. The van der Waals surface area contributed by atoms with Gasteiger partial charge in [-0.25, -0.2) is 4.98 Å². The van der Waals surface area contributed by atoms with Gasteiger partial charge in [-0.05, 0) is 54.2 Å². The Morgan fingerprint density at radius 3 is 2.41 bits per heavy atom. The quantitative estimate of drug-likeness (QED) is 0.536. The summed E-state index contributed by atoms with van der Waals surface area (Å²) in [6.45, 7) is 0. The number of halogens is 3. The Morgan fingerprint density at radius 2 is 1.76 bits per heavy atom. The second-order valence-electron chi connectivity index (χ2n) is 6.05. The standard InChI is InChI=1S/C20H11F3N2O2S2/c21-20(22,23)13-5-7-14(8-6-13)28-18-12(10-16-17(26)25-19(27)29-16)9-11-3-1-2-4-15(11)24-18/h1-10H,(H,25,26,27). The summed E-state index contributed by atoms with van der Waals surface area (Å²) in [6.07, 6.45) is -2.84. The molecule has 146 valence electrons. The molecule has 2 amide bonds. The molecule has 1 fully saturated rings. The number of thioether (sulfide) groups is 1. The Balaban J connectivity index is 1.75. The lowest BCUT2D eigenvalue weighted by atomic mass is 10.1. The number of hydrogen-bond donors (Lipinski definition) is 1. The Labute approximate surface area is 171 Å². The van der Waals surface area contributed by atoms with Gasteiger partial charge in [0.1, 0.15) is 5.03 Å². The third-order valence-corrected chi connectivity index (χ3v) is 5.88. The molecule has 1 saturated heterocycles. The van der Waals surface area contributed by atoms with Crippen molar-refractivity contribution >= 4 is 51.6 Å². The normalized spacial score (nSPS) is 15.9. The molecule has 29 heavy (non-hydrogen) atoms. The van der Waals surface area contributed by atoms with Crippen LogP contribution in [0.15, 0.2) is 69.4 Å². The molecule has 0 atom stereocenters. The molecule has 1 N–H and O–H groups in total. The first-order chi connectivity index (χ1) is 13.8. The number of para-hydroxylation sites is 1. The van der Waals surface area contributed by atoms with Crippen molar-refractivity contribution < 1.29 is 22.8 Å². The molecule has 2 heterocycles. The SMILES string of the molecule is O=C1NC(=O)C(=Cc2cc3ccccc3nc2Sc2ccc(C(F)(F)F)cc2)S1. The molecule has 3 aromatic rings. The molecular formula is C20H11F3N2O2S2. The number of imide groups is 1. The van der Waals surface area contributed by atoms with E-state index in [0.717, 1.165) is 29.3 Å². The number of nitrogens with one attached hydrogen (secondary N) is 1. The zero-order valence-electron chi connectivity index (χ0n) is 14.5. The number of carbonyl (C=O) groups is 2. The van der Waals surface area contributed by atoms with E-state index in [1.807, 2.05) is 30.3 Å². The summed E-state index contributed by atoms with van der Waals surface area (Å²) in [5.74, 6) is -0.487. The fraction of sp³-hybridized carbons (Fsp3) is 0.0500. The fourth-order valence-corrected chi connectivity index (χ4v) is 4.23. The molecule has 0 aliphatic carbocycles. The van der Waals surface area contributed by atoms with E-state index in [0.29, 0.717) is 21.0 Å². The van der Waals surface area contributed by atoms with Gasteiger partial charge >= 0.3 is 6.18 Å². The first-order valence-electron chi connectivity index (χ1n) is 8.29. The van der Waals surface area contributed by atoms with Crippen molar-refractivity contribution in [3.8, 4) is 0 Å². The summed E-state index contributed by atoms with van der Waals surface area (Å²) in [5, 5.41) is 3.10. The van der Waals surface area contributed by atoms with E-state index >= 15 is 0 Å². The highest BCUT2D eigenvalue weighted by Crippen LogP contribution is 2.36. The van der Waals surface area contributed by atoms with Crippen LogP contribution in [0.25, 0.3) is 17.0 Å². The third-order valence-electron chi connectivity index (χ3n) is 4.04. The highest BCUT2D eigenvalue weighted by Gasteiger charge is 2.30. The van der Waals surface area contributed by atoms with Crippen LogP contribution in [0.1, 0.15) is 11.1 Å². The average molecular weight is 432 g/mol. The van der Waals surface area contributed by atoms with Gasteiger partial charge in [0.25, 0.3) is 11.1 Å². The van der Waals surface area contributed by atoms with E-state index in [9.17, 15) is 22.8 Å². The van der Waals surface area contributed by atoms with Gasteiger partial charge in [-0.15, -0.1) is 0 Å². The molecule has 0 unspecified atom stereocenters. The van der Waals surface area contributed by atoms with Gasteiger partial charge in [0.15, 0.2) is 0 Å². The van der Waals surface area contributed by atoms with Crippen LogP contribution in [0.2, 0.25) is 0 Å². The molecule has 9 heteroatoms. The van der Waals surface area contributed by atoms with E-state index in [2.05, 4.69) is 10.3 Å². The number of aromatic nitrogens is 1. The molecule has 1 aromatic heterocycles. The van der Waals surface area contributed by atoms with Crippen molar-refractivity contribution in [3.05, 3.63) is 70.6 Å². The van der Waals surface area contributed by atoms with Crippen LogP contribution >= 0.6 is 23.5 Å². The van der Waals surface area contributed by atoms with Crippen molar-refractivity contribution in [2.24, 2.45) is 0 Å². The van der Waals surface area contributed by atoms with Gasteiger partial charge in [-0.3, -0.25) is 14.9 Å². The van der Waals surface area contributed by atoms with Crippen molar-refractivity contribution in [3.63, 3.8) is 0 Å². The van der Waals surface area contributed by atoms with Crippen LogP contribution in [-0.2, 0) is 11.0 Å². The van der Waals surface area contributed by atoms with Crippen LogP contribution in [0.5, 0.6) is 0 Å². The summed E-state index contributed by atoms with van der Waals surface area (Å²) in [5.41, 5.74) is 0.581. The first kappa shape index (κ1) is 19.5. The van der Waals surface area contributed by atoms with Crippen LogP contribution in [0.4, 0.5) is 18.0 Å². The van der Waals surface area contributed by atoms with E-state index in [-0.39, 0.29) is 4.91 Å². The molecular weight excluding hydrogens is 421 g/mol. The minimum Gasteiger partial charge on any atom is -0.282 e. The van der Waals surface area contributed by atoms with Crippen molar-refractivity contribution in [1.82, 2.24) is 10.3 Å². The third kappa shape index (κ3) is 4.30. The van der Waals surface area contributed by atoms with Gasteiger partial charge < -0.3 is 0 Å². The smallest absolute Gasteiger partial charge is 0.282 e. The molecule has 4 nitrogen and oxygen atoms in total. The zero-order chi connectivity index (χ0) is 20.6. The fourth-order valence-electron chi connectivity index (χ4n) is 2.69. The molecule has 1 aliphatic rings. The number of pyridine rings is 1. The van der Waals surface area contributed by atoms with Crippen LogP contribution < -0.4 is 5.32 Å². The topological polar surface area (TPSA) is 59.1 Å². The van der Waals surface area contributed by atoms with Gasteiger partial charge in [0.2, 0.25) is 0 Å². The molecule has 1 aliphatic heterocycles. The monoisotopic (exact) mass is 432 g/mol. The van der Waals surface area contributed by atoms with E-state index < -0.39 is 22.9 Å². The number of hydrogen-bond acceptors (Lipinski definition) is 5. The Kier molecular flexibility index (Phi) is 5.10. The lowest BCUT2D eigenvalue weighted by Gasteiger charge is -2.10. The number of fused-ring (bicyclic) bond motifs is 1. The maximum atomic E-state index is 12.8. The van der Waals surface area contributed by atoms with Crippen molar-refractivity contribution in [2.75, 3.05) is 0 Å². The van der Waals surface area contributed by atoms with Gasteiger partial charge in [-0.2, -0.15) is 13.2 Å². The minimum absolute atomic E-state index is 0.237. The van der Waals surface area contributed by atoms with E-state index in [1.54, 1.807) is 6.08 Å². The van der Waals surface area contributed by atoms with Crippen LogP contribution in [0.3, 0.4) is 0 Å². The zero-order valence-corrected chi connectivity index (χ0v) is 16.1. The minimum atomic E-state index is -4.40. The molecule has 0 saturated carbocycles. The number of rotatable bonds is 3. The van der Waals surface area contributed by atoms with Gasteiger partial charge in [-0.1, -0.05) is 30.0 Å². The summed E-state index contributed by atoms with van der Waals surface area (Å²) in [6, 6.07) is 14.0. The molecule has 0 radical (unpaired) electrons. The summed E-state index contributed by atoms with van der Waals surface area (Å²) in [7, 11) is 0. The van der Waals surface area contributed by atoms with E-state index in [1.165, 1.54) is 23.9 Å².